The van der Waals surface area contributed by atoms with Crippen LogP contribution in [-0.4, -0.2) is 61.0 Å². The molecule has 0 spiro atoms. The van der Waals surface area contributed by atoms with E-state index in [1.807, 2.05) is 0 Å². The molecule has 1 fully saturated rings. The smallest absolute Gasteiger partial charge is 0.0826 e. The average Bonchev–Trinajstić information content (AvgIpc) is 2.16. The first-order valence-electron chi connectivity index (χ1n) is 5.78. The lowest BCUT2D eigenvalue weighted by atomic mass is 10.1. The summed E-state index contributed by atoms with van der Waals surface area (Å²) in [7, 11) is 0. The molecule has 15 heavy (non-hydrogen) atoms. The van der Waals surface area contributed by atoms with Crippen LogP contribution in [0.5, 0.6) is 0 Å². The molecule has 1 aliphatic heterocycles. The minimum Gasteiger partial charge on any atom is -0.389 e. The zero-order valence-electron chi connectivity index (χ0n) is 10.1. The Labute approximate surface area is 92.6 Å². The topological polar surface area (TPSA) is 44.7 Å². The van der Waals surface area contributed by atoms with Crippen molar-refractivity contribution in [1.29, 1.82) is 0 Å². The van der Waals surface area contributed by atoms with Crippen LogP contribution < -0.4 is 5.32 Å². The van der Waals surface area contributed by atoms with Crippen molar-refractivity contribution < 1.29 is 9.84 Å². The van der Waals surface area contributed by atoms with Crippen LogP contribution in [0.4, 0.5) is 0 Å². The summed E-state index contributed by atoms with van der Waals surface area (Å²) in [5.41, 5.74) is -0.640. The summed E-state index contributed by atoms with van der Waals surface area (Å²) in [5.74, 6) is 0. The molecule has 4 heteroatoms. The first-order chi connectivity index (χ1) is 7.01. The van der Waals surface area contributed by atoms with Gasteiger partial charge >= 0.3 is 0 Å². The highest BCUT2D eigenvalue weighted by Crippen LogP contribution is 2.04. The molecule has 0 aromatic carbocycles. The lowest BCUT2D eigenvalue weighted by Gasteiger charge is -2.32. The first kappa shape index (κ1) is 12.9. The van der Waals surface area contributed by atoms with Crippen LogP contribution in [0.25, 0.3) is 0 Å². The van der Waals surface area contributed by atoms with Crippen LogP contribution in [-0.2, 0) is 4.74 Å². The molecule has 1 unspecified atom stereocenters. The van der Waals surface area contributed by atoms with Gasteiger partial charge in [-0.2, -0.15) is 0 Å². The van der Waals surface area contributed by atoms with Crippen molar-refractivity contribution in [2.45, 2.75) is 32.5 Å². The third-order valence-electron chi connectivity index (χ3n) is 2.60. The largest absolute Gasteiger partial charge is 0.389 e. The Morgan fingerprint density at radius 1 is 1.53 bits per heavy atom. The highest BCUT2D eigenvalue weighted by molar-refractivity contribution is 4.75. The van der Waals surface area contributed by atoms with E-state index in [0.29, 0.717) is 6.54 Å². The predicted molar refractivity (Wildman–Crippen MR) is 61.0 cm³/mol. The summed E-state index contributed by atoms with van der Waals surface area (Å²) in [5, 5.41) is 12.8. The molecule has 0 radical (unpaired) electrons. The number of ether oxygens (including phenoxy) is 1. The van der Waals surface area contributed by atoms with E-state index in [2.05, 4.69) is 17.1 Å². The molecular formula is C11H24N2O2. The molecule has 0 bridgehead atoms. The van der Waals surface area contributed by atoms with Crippen molar-refractivity contribution >= 4 is 0 Å². The van der Waals surface area contributed by atoms with E-state index < -0.39 is 5.60 Å². The van der Waals surface area contributed by atoms with Crippen molar-refractivity contribution in [1.82, 2.24) is 10.2 Å². The van der Waals surface area contributed by atoms with Gasteiger partial charge in [-0.25, -0.2) is 0 Å². The van der Waals surface area contributed by atoms with E-state index in [1.165, 1.54) is 0 Å². The Morgan fingerprint density at radius 3 is 2.87 bits per heavy atom. The number of aliphatic hydroxyl groups is 1. The van der Waals surface area contributed by atoms with Gasteiger partial charge in [0.25, 0.3) is 0 Å². The Kier molecular flexibility index (Phi) is 4.99. The molecule has 1 aliphatic rings. The highest BCUT2D eigenvalue weighted by atomic mass is 16.5. The van der Waals surface area contributed by atoms with Gasteiger partial charge in [-0.05, 0) is 20.4 Å². The molecule has 0 amide bonds. The summed E-state index contributed by atoms with van der Waals surface area (Å²) in [6.45, 7) is 11.2. The minimum absolute atomic E-state index is 0.265. The van der Waals surface area contributed by atoms with Crippen molar-refractivity contribution in [3.8, 4) is 0 Å². The molecule has 90 valence electrons. The van der Waals surface area contributed by atoms with E-state index in [0.717, 1.165) is 32.8 Å². The number of hydrogen-bond donors (Lipinski definition) is 2. The van der Waals surface area contributed by atoms with Gasteiger partial charge in [-0.3, -0.25) is 4.90 Å². The molecule has 1 atom stereocenters. The van der Waals surface area contributed by atoms with E-state index >= 15 is 0 Å². The Morgan fingerprint density at radius 2 is 2.27 bits per heavy atom. The number of rotatable bonds is 5. The molecule has 1 rings (SSSR count). The maximum absolute atomic E-state index is 9.53. The average molecular weight is 216 g/mol. The fourth-order valence-corrected chi connectivity index (χ4v) is 1.73. The molecule has 4 nitrogen and oxygen atoms in total. The quantitative estimate of drug-likeness (QED) is 0.682. The van der Waals surface area contributed by atoms with Gasteiger partial charge in [0.1, 0.15) is 0 Å². The Balaban J connectivity index is 2.15. The molecule has 1 saturated heterocycles. The molecule has 0 saturated carbocycles. The van der Waals surface area contributed by atoms with Crippen molar-refractivity contribution in [2.75, 3.05) is 39.3 Å². The van der Waals surface area contributed by atoms with Gasteiger partial charge in [-0.15, -0.1) is 0 Å². The van der Waals surface area contributed by atoms with Crippen molar-refractivity contribution in [3.05, 3.63) is 0 Å². The standard InChI is InChI=1S/C11H24N2O2/c1-4-13-5-6-15-10(8-13)7-12-9-11(2,3)14/h10,12,14H,4-9H2,1-3H3. The predicted octanol–water partition coefficient (Wildman–Crippen LogP) is 0.0676. The summed E-state index contributed by atoms with van der Waals surface area (Å²) in [4.78, 5) is 2.39. The number of morpholine rings is 1. The van der Waals surface area contributed by atoms with Crippen LogP contribution in [0.1, 0.15) is 20.8 Å². The Hall–Kier alpha value is -0.160. The third-order valence-corrected chi connectivity index (χ3v) is 2.60. The zero-order valence-corrected chi connectivity index (χ0v) is 10.1. The van der Waals surface area contributed by atoms with E-state index in [1.54, 1.807) is 13.8 Å². The number of nitrogens with one attached hydrogen (secondary N) is 1. The van der Waals surface area contributed by atoms with Crippen LogP contribution in [0.2, 0.25) is 0 Å². The second kappa shape index (κ2) is 5.80. The molecular weight excluding hydrogens is 192 g/mol. The summed E-state index contributed by atoms with van der Waals surface area (Å²) < 4.78 is 5.64. The van der Waals surface area contributed by atoms with Crippen LogP contribution in [0, 0.1) is 0 Å². The maximum Gasteiger partial charge on any atom is 0.0826 e. The van der Waals surface area contributed by atoms with Crippen molar-refractivity contribution in [3.63, 3.8) is 0 Å². The van der Waals surface area contributed by atoms with Crippen LogP contribution in [0.3, 0.4) is 0 Å². The fourth-order valence-electron chi connectivity index (χ4n) is 1.73. The number of likely N-dealkylation sites (N-methyl/N-ethyl adjacent to an activating group) is 1. The maximum atomic E-state index is 9.53. The highest BCUT2D eigenvalue weighted by Gasteiger charge is 2.19. The fraction of sp³-hybridized carbons (Fsp3) is 1.00. The minimum atomic E-state index is -0.640. The van der Waals surface area contributed by atoms with Crippen molar-refractivity contribution in [2.24, 2.45) is 0 Å². The lowest BCUT2D eigenvalue weighted by molar-refractivity contribution is -0.0277. The van der Waals surface area contributed by atoms with Crippen LogP contribution >= 0.6 is 0 Å². The van der Waals surface area contributed by atoms with E-state index in [9.17, 15) is 5.11 Å². The normalized spacial score (nSPS) is 24.4. The molecule has 2 N–H and O–H groups in total. The van der Waals surface area contributed by atoms with Gasteiger partial charge in [-0.1, -0.05) is 6.92 Å². The Bertz CT molecular complexity index is 180. The molecule has 1 heterocycles. The second-order valence-corrected chi connectivity index (χ2v) is 4.83. The molecule has 0 aliphatic carbocycles. The van der Waals surface area contributed by atoms with Gasteiger partial charge in [0.05, 0.1) is 18.3 Å². The molecule has 0 aromatic rings. The third kappa shape index (κ3) is 5.47. The van der Waals surface area contributed by atoms with Gasteiger partial charge in [0, 0.05) is 26.2 Å². The van der Waals surface area contributed by atoms with E-state index in [4.69, 9.17) is 4.74 Å². The summed E-state index contributed by atoms with van der Waals surface area (Å²) >= 11 is 0. The van der Waals surface area contributed by atoms with Gasteiger partial charge in [0.2, 0.25) is 0 Å². The summed E-state index contributed by atoms with van der Waals surface area (Å²) in [6, 6.07) is 0. The first-order valence-corrected chi connectivity index (χ1v) is 5.78. The SMILES string of the molecule is CCN1CCOC(CNCC(C)(C)O)C1. The second-order valence-electron chi connectivity index (χ2n) is 4.83. The number of hydrogen-bond acceptors (Lipinski definition) is 4. The zero-order chi connectivity index (χ0) is 11.3. The lowest BCUT2D eigenvalue weighted by Crippen LogP contribution is -2.48. The molecule has 0 aromatic heterocycles. The monoisotopic (exact) mass is 216 g/mol. The number of nitrogens with zero attached hydrogens (tertiary/aromatic N) is 1. The van der Waals surface area contributed by atoms with Crippen LogP contribution in [0.15, 0.2) is 0 Å². The summed E-state index contributed by atoms with van der Waals surface area (Å²) in [6.07, 6.45) is 0.265. The van der Waals surface area contributed by atoms with E-state index in [-0.39, 0.29) is 6.10 Å². The van der Waals surface area contributed by atoms with Gasteiger partial charge < -0.3 is 15.2 Å². The van der Waals surface area contributed by atoms with Gasteiger partial charge in [0.15, 0.2) is 0 Å².